The van der Waals surface area contributed by atoms with Gasteiger partial charge in [0.1, 0.15) is 23.5 Å². The molecule has 0 saturated carbocycles. The van der Waals surface area contributed by atoms with Crippen LogP contribution >= 0.6 is 0 Å². The molecular weight excluding hydrogens is 352 g/mol. The van der Waals surface area contributed by atoms with Crippen LogP contribution in [0.5, 0.6) is 11.5 Å². The second-order valence-electron chi connectivity index (χ2n) is 6.78. The fourth-order valence-corrected chi connectivity index (χ4v) is 3.87. The van der Waals surface area contributed by atoms with Gasteiger partial charge in [-0.05, 0) is 29.8 Å². The number of fused-ring (bicyclic) bond motifs is 3. The number of hydrogen-bond acceptors (Lipinski definition) is 5. The van der Waals surface area contributed by atoms with Gasteiger partial charge in [0.2, 0.25) is 0 Å². The molecule has 0 N–H and O–H groups in total. The summed E-state index contributed by atoms with van der Waals surface area (Å²) in [7, 11) is 1.59. The molecule has 2 aliphatic rings. The number of carbonyl (C=O) groups is 1. The number of benzene rings is 3. The van der Waals surface area contributed by atoms with E-state index in [0.29, 0.717) is 11.5 Å². The van der Waals surface area contributed by atoms with Crippen LogP contribution in [-0.2, 0) is 4.79 Å². The lowest BCUT2D eigenvalue weighted by Gasteiger charge is -2.32. The maximum atomic E-state index is 13.0. The number of esters is 1. The van der Waals surface area contributed by atoms with Crippen molar-refractivity contribution >= 4 is 17.4 Å². The Morgan fingerprint density at radius 1 is 0.964 bits per heavy atom. The first kappa shape index (κ1) is 16.6. The van der Waals surface area contributed by atoms with Gasteiger partial charge in [0.15, 0.2) is 0 Å². The average molecular weight is 370 g/mol. The molecule has 28 heavy (non-hydrogen) atoms. The number of anilines is 1. The Hall–Kier alpha value is -3.60. The molecule has 3 aromatic rings. The number of hydrogen-bond donors (Lipinski definition) is 0. The summed E-state index contributed by atoms with van der Waals surface area (Å²) >= 11 is 0. The number of rotatable bonds is 3. The van der Waals surface area contributed by atoms with Gasteiger partial charge >= 0.3 is 5.97 Å². The third-order valence-corrected chi connectivity index (χ3v) is 5.18. The number of methoxy groups -OCH3 is 1. The van der Waals surface area contributed by atoms with E-state index >= 15 is 0 Å². The summed E-state index contributed by atoms with van der Waals surface area (Å²) in [6.07, 6.45) is 0. The van der Waals surface area contributed by atoms with Gasteiger partial charge in [-0.1, -0.05) is 48.5 Å². The Morgan fingerprint density at radius 3 is 2.39 bits per heavy atom. The zero-order valence-corrected chi connectivity index (χ0v) is 15.3. The molecule has 0 bridgehead atoms. The second kappa shape index (κ2) is 6.53. The summed E-state index contributed by atoms with van der Waals surface area (Å²) < 4.78 is 11.0. The van der Waals surface area contributed by atoms with E-state index in [1.165, 1.54) is 0 Å². The summed E-state index contributed by atoms with van der Waals surface area (Å²) in [6, 6.07) is 25.0. The molecule has 5 nitrogen and oxygen atoms in total. The molecule has 5 heteroatoms. The Morgan fingerprint density at radius 2 is 1.68 bits per heavy atom. The van der Waals surface area contributed by atoms with Crippen LogP contribution < -0.4 is 14.5 Å². The molecule has 138 valence electrons. The van der Waals surface area contributed by atoms with Gasteiger partial charge in [-0.2, -0.15) is 5.10 Å². The van der Waals surface area contributed by atoms with Crippen LogP contribution in [0.15, 0.2) is 84.0 Å². The van der Waals surface area contributed by atoms with E-state index in [1.54, 1.807) is 13.2 Å². The molecule has 3 aromatic carbocycles. The third-order valence-electron chi connectivity index (χ3n) is 5.18. The largest absolute Gasteiger partial charge is 0.497 e. The molecule has 0 radical (unpaired) electrons. The van der Waals surface area contributed by atoms with Gasteiger partial charge in [-0.3, -0.25) is 9.80 Å². The molecule has 5 rings (SSSR count). The van der Waals surface area contributed by atoms with E-state index in [2.05, 4.69) is 0 Å². The highest BCUT2D eigenvalue weighted by Crippen LogP contribution is 2.48. The molecule has 0 aliphatic carbocycles. The highest BCUT2D eigenvalue weighted by molar-refractivity contribution is 6.15. The van der Waals surface area contributed by atoms with E-state index < -0.39 is 5.92 Å². The molecule has 0 saturated heterocycles. The van der Waals surface area contributed by atoms with Crippen LogP contribution in [0.2, 0.25) is 0 Å². The molecular formula is C23H18N2O3. The molecule has 2 heterocycles. The number of nitrogens with zero attached hydrogens (tertiary/aromatic N) is 2. The predicted molar refractivity (Wildman–Crippen MR) is 107 cm³/mol. The van der Waals surface area contributed by atoms with E-state index in [-0.39, 0.29) is 12.0 Å². The highest BCUT2D eigenvalue weighted by atomic mass is 16.5. The minimum absolute atomic E-state index is 0.264. The van der Waals surface area contributed by atoms with Crippen molar-refractivity contribution < 1.29 is 14.3 Å². The Balaban J connectivity index is 1.69. The highest BCUT2D eigenvalue weighted by Gasteiger charge is 2.49. The normalized spacial score (nSPS) is 20.1. The van der Waals surface area contributed by atoms with Gasteiger partial charge in [0, 0.05) is 11.6 Å². The molecule has 0 spiro atoms. The molecule has 2 aliphatic heterocycles. The SMILES string of the molecule is COc1ccc2c(c1)OC(=O)C1C(c3ccccc3)=NN(c3ccccc3)C21. The van der Waals surface area contributed by atoms with Gasteiger partial charge in [-0.15, -0.1) is 0 Å². The lowest BCUT2D eigenvalue weighted by Crippen LogP contribution is -2.38. The maximum absolute atomic E-state index is 13.0. The lowest BCUT2D eigenvalue weighted by atomic mass is 9.85. The molecule has 0 aromatic heterocycles. The first-order chi connectivity index (χ1) is 13.8. The van der Waals surface area contributed by atoms with Gasteiger partial charge in [0.05, 0.1) is 18.5 Å². The van der Waals surface area contributed by atoms with Crippen LogP contribution in [0.3, 0.4) is 0 Å². The Kier molecular flexibility index (Phi) is 3.86. The summed E-state index contributed by atoms with van der Waals surface area (Å²) in [5, 5.41) is 6.81. The van der Waals surface area contributed by atoms with E-state index in [4.69, 9.17) is 14.6 Å². The van der Waals surface area contributed by atoms with Crippen LogP contribution in [-0.4, -0.2) is 18.8 Å². The van der Waals surface area contributed by atoms with Crippen molar-refractivity contribution in [2.24, 2.45) is 11.0 Å². The summed E-state index contributed by atoms with van der Waals surface area (Å²) in [5.74, 6) is 0.379. The number of carbonyl (C=O) groups excluding carboxylic acids is 1. The Labute approximate surface area is 162 Å². The fourth-order valence-electron chi connectivity index (χ4n) is 3.87. The summed E-state index contributed by atoms with van der Waals surface area (Å²) in [6.45, 7) is 0. The second-order valence-corrected chi connectivity index (χ2v) is 6.78. The predicted octanol–water partition coefficient (Wildman–Crippen LogP) is 4.20. The van der Waals surface area contributed by atoms with Crippen molar-refractivity contribution in [2.45, 2.75) is 6.04 Å². The minimum atomic E-state index is -0.497. The van der Waals surface area contributed by atoms with Gasteiger partial charge in [-0.25, -0.2) is 0 Å². The Bertz CT molecular complexity index is 1060. The van der Waals surface area contributed by atoms with Crippen LogP contribution in [0.25, 0.3) is 0 Å². The van der Waals surface area contributed by atoms with Crippen LogP contribution in [0.1, 0.15) is 17.2 Å². The average Bonchev–Trinajstić information content (AvgIpc) is 3.16. The van der Waals surface area contributed by atoms with Crippen LogP contribution in [0, 0.1) is 5.92 Å². The standard InChI is InChI=1S/C23H18N2O3/c1-27-17-12-13-18-19(14-17)28-23(26)20-21(15-8-4-2-5-9-15)24-25(22(18)20)16-10-6-3-7-11-16/h2-14,20,22H,1H3. The summed E-state index contributed by atoms with van der Waals surface area (Å²) in [5.41, 5.74) is 3.49. The van der Waals surface area contributed by atoms with Crippen LogP contribution in [0.4, 0.5) is 5.69 Å². The zero-order valence-electron chi connectivity index (χ0n) is 15.3. The molecule has 0 fully saturated rings. The zero-order chi connectivity index (χ0) is 19.1. The van der Waals surface area contributed by atoms with Crippen molar-refractivity contribution in [3.8, 4) is 11.5 Å². The number of ether oxygens (including phenoxy) is 2. The smallest absolute Gasteiger partial charge is 0.323 e. The van der Waals surface area contributed by atoms with Gasteiger partial charge in [0.25, 0.3) is 0 Å². The van der Waals surface area contributed by atoms with E-state index in [0.717, 1.165) is 22.5 Å². The van der Waals surface area contributed by atoms with Crippen molar-refractivity contribution in [3.63, 3.8) is 0 Å². The first-order valence-corrected chi connectivity index (χ1v) is 9.14. The third kappa shape index (κ3) is 2.55. The molecule has 0 amide bonds. The summed E-state index contributed by atoms with van der Waals surface area (Å²) in [4.78, 5) is 13.0. The number of hydrazone groups is 1. The fraction of sp³-hybridized carbons (Fsp3) is 0.130. The molecule has 2 unspecified atom stereocenters. The van der Waals surface area contributed by atoms with E-state index in [9.17, 15) is 4.79 Å². The van der Waals surface area contributed by atoms with E-state index in [1.807, 2.05) is 77.8 Å². The van der Waals surface area contributed by atoms with Crippen molar-refractivity contribution in [1.29, 1.82) is 0 Å². The molecule has 2 atom stereocenters. The minimum Gasteiger partial charge on any atom is -0.497 e. The lowest BCUT2D eigenvalue weighted by molar-refractivity contribution is -0.138. The van der Waals surface area contributed by atoms with Crippen molar-refractivity contribution in [1.82, 2.24) is 0 Å². The first-order valence-electron chi connectivity index (χ1n) is 9.14. The quantitative estimate of drug-likeness (QED) is 0.512. The maximum Gasteiger partial charge on any atom is 0.323 e. The van der Waals surface area contributed by atoms with Crippen molar-refractivity contribution in [3.05, 3.63) is 90.0 Å². The van der Waals surface area contributed by atoms with Crippen molar-refractivity contribution in [2.75, 3.05) is 12.1 Å². The van der Waals surface area contributed by atoms with Gasteiger partial charge < -0.3 is 9.47 Å². The number of para-hydroxylation sites is 1. The monoisotopic (exact) mass is 370 g/mol. The topological polar surface area (TPSA) is 51.1 Å².